The molecule has 1 rings (SSSR count). The first-order valence-electron chi connectivity index (χ1n) is 3.88. The van der Waals surface area contributed by atoms with Gasteiger partial charge in [-0.1, -0.05) is 11.7 Å². The van der Waals surface area contributed by atoms with E-state index in [0.29, 0.717) is 0 Å². The number of carboxylic acid groups (broad SMARTS) is 1. The van der Waals surface area contributed by atoms with Crippen LogP contribution >= 0.6 is 0 Å². The van der Waals surface area contributed by atoms with Gasteiger partial charge in [-0.05, 0) is 18.2 Å². The van der Waals surface area contributed by atoms with Crippen molar-refractivity contribution in [2.24, 2.45) is 0 Å². The Labute approximate surface area is 90.5 Å². The van der Waals surface area contributed by atoms with Gasteiger partial charge in [-0.15, -0.1) is 0 Å². The summed E-state index contributed by atoms with van der Waals surface area (Å²) in [4.78, 5) is 13.5. The highest BCUT2D eigenvalue weighted by Gasteiger charge is 2.09. The van der Waals surface area contributed by atoms with Crippen molar-refractivity contribution in [1.82, 2.24) is 5.59 Å². The molecular weight excluding hydrogens is 240 g/mol. The van der Waals surface area contributed by atoms with E-state index in [1.165, 1.54) is 18.2 Å². The van der Waals surface area contributed by atoms with Crippen LogP contribution in [0.25, 0.3) is 0 Å². The second-order valence-electron chi connectivity index (χ2n) is 2.60. The van der Waals surface area contributed by atoms with Crippen molar-refractivity contribution >= 4 is 22.0 Å². The molecule has 0 radical (unpaired) electrons. The third-order valence-electron chi connectivity index (χ3n) is 1.47. The molecule has 0 aliphatic rings. The summed E-state index contributed by atoms with van der Waals surface area (Å²) in [6, 6.07) is 5.06. The number of hydrogen-bond donors (Lipinski definition) is 4. The smallest absolute Gasteiger partial charge is 0.448 e. The van der Waals surface area contributed by atoms with Gasteiger partial charge in [0.15, 0.2) is 0 Å². The predicted molar refractivity (Wildman–Crippen MR) is 52.1 cm³/mol. The second-order valence-corrected chi connectivity index (χ2v) is 4.02. The van der Waals surface area contributed by atoms with Crippen LogP contribution in [0.3, 0.4) is 0 Å². The number of anilines is 1. The Morgan fingerprint density at radius 1 is 1.38 bits per heavy atom. The summed E-state index contributed by atoms with van der Waals surface area (Å²) in [5.41, 5.74) is 4.32. The van der Waals surface area contributed by atoms with E-state index in [-0.39, 0.29) is 10.6 Å². The number of benzene rings is 1. The summed E-state index contributed by atoms with van der Waals surface area (Å²) in [7, 11) is -4.29. The van der Waals surface area contributed by atoms with Gasteiger partial charge in [0.25, 0.3) is 10.1 Å². The Morgan fingerprint density at radius 3 is 2.62 bits per heavy atom. The van der Waals surface area contributed by atoms with Gasteiger partial charge >= 0.3 is 6.16 Å². The molecule has 88 valence electrons. The van der Waals surface area contributed by atoms with E-state index in [9.17, 15) is 13.2 Å². The second kappa shape index (κ2) is 4.79. The lowest BCUT2D eigenvalue weighted by molar-refractivity contribution is 0.0536. The zero-order valence-corrected chi connectivity index (χ0v) is 8.56. The third kappa shape index (κ3) is 3.73. The Hall–Kier alpha value is -1.84. The molecule has 16 heavy (non-hydrogen) atoms. The maximum Gasteiger partial charge on any atom is 0.526 e. The van der Waals surface area contributed by atoms with E-state index in [4.69, 9.17) is 9.66 Å². The number of hydrogen-bond acceptors (Lipinski definition) is 6. The van der Waals surface area contributed by atoms with Crippen LogP contribution in [0.2, 0.25) is 0 Å². The quantitative estimate of drug-likeness (QED) is 0.447. The summed E-state index contributed by atoms with van der Waals surface area (Å²) < 4.78 is 30.2. The van der Waals surface area contributed by atoms with E-state index >= 15 is 0 Å². The van der Waals surface area contributed by atoms with Crippen LogP contribution in [-0.4, -0.2) is 24.2 Å². The van der Waals surface area contributed by atoms with Crippen molar-refractivity contribution in [3.63, 3.8) is 0 Å². The molecule has 0 aliphatic carbocycles. The number of nitrogens with one attached hydrogen (secondary N) is 2. The van der Waals surface area contributed by atoms with Crippen LogP contribution in [0, 0.1) is 0 Å². The van der Waals surface area contributed by atoms with Gasteiger partial charge in [0.1, 0.15) is 0 Å². The molecule has 0 amide bonds. The zero-order valence-electron chi connectivity index (χ0n) is 7.75. The van der Waals surface area contributed by atoms with Gasteiger partial charge < -0.3 is 9.94 Å². The van der Waals surface area contributed by atoms with Crippen LogP contribution in [0.15, 0.2) is 29.2 Å². The molecule has 1 aromatic rings. The number of hydrazine groups is 1. The van der Waals surface area contributed by atoms with Crippen molar-refractivity contribution in [2.75, 3.05) is 5.43 Å². The average Bonchev–Trinajstić information content (AvgIpc) is 2.16. The molecule has 1 aromatic carbocycles. The zero-order chi connectivity index (χ0) is 12.2. The van der Waals surface area contributed by atoms with Crippen molar-refractivity contribution in [1.29, 1.82) is 0 Å². The topological polar surface area (TPSA) is 125 Å². The van der Waals surface area contributed by atoms with Crippen LogP contribution in [0.5, 0.6) is 0 Å². The van der Waals surface area contributed by atoms with Crippen LogP contribution < -0.4 is 11.0 Å². The fraction of sp³-hybridized carbons (Fsp3) is 0. The molecule has 4 N–H and O–H groups in total. The summed E-state index contributed by atoms with van der Waals surface area (Å²) in [6.07, 6.45) is -1.56. The van der Waals surface area contributed by atoms with E-state index in [1.54, 1.807) is 0 Å². The lowest BCUT2D eigenvalue weighted by atomic mass is 10.3. The van der Waals surface area contributed by atoms with Crippen molar-refractivity contribution in [2.45, 2.75) is 4.90 Å². The molecule has 0 bridgehead atoms. The SMILES string of the molecule is O=C(O)ONNc1cccc(S(=O)(=O)O)c1. The first-order valence-corrected chi connectivity index (χ1v) is 5.32. The molecule has 0 unspecified atom stereocenters. The lowest BCUT2D eigenvalue weighted by Gasteiger charge is -2.06. The molecule has 0 heterocycles. The lowest BCUT2D eigenvalue weighted by Crippen LogP contribution is -2.24. The maximum atomic E-state index is 10.7. The maximum absolute atomic E-state index is 10.7. The van der Waals surface area contributed by atoms with Gasteiger partial charge in [-0.2, -0.15) is 8.42 Å². The molecule has 0 fully saturated rings. The van der Waals surface area contributed by atoms with Gasteiger partial charge in [0.05, 0.1) is 10.6 Å². The fourth-order valence-electron chi connectivity index (χ4n) is 0.862. The van der Waals surface area contributed by atoms with E-state index in [1.807, 2.05) is 5.59 Å². The first-order chi connectivity index (χ1) is 7.39. The predicted octanol–water partition coefficient (Wildman–Crippen LogP) is 0.459. The normalized spacial score (nSPS) is 10.8. The van der Waals surface area contributed by atoms with Crippen molar-refractivity contribution in [3.05, 3.63) is 24.3 Å². The average molecular weight is 248 g/mol. The Morgan fingerprint density at radius 2 is 2.06 bits per heavy atom. The standard InChI is InChI=1S/C7H8N2O6S/c10-7(11)15-9-8-5-2-1-3-6(4-5)16(12,13)14/h1-4,8-9H,(H,10,11)(H,12,13,14). The highest BCUT2D eigenvalue weighted by atomic mass is 32.2. The first kappa shape index (κ1) is 12.2. The number of carbonyl (C=O) groups is 1. The summed E-state index contributed by atoms with van der Waals surface area (Å²) in [5, 5.41) is 8.11. The molecule has 0 aromatic heterocycles. The van der Waals surface area contributed by atoms with Crippen LogP contribution in [0.4, 0.5) is 10.5 Å². The Bertz CT molecular complexity index is 485. The minimum Gasteiger partial charge on any atom is -0.448 e. The van der Waals surface area contributed by atoms with E-state index in [0.717, 1.165) is 6.07 Å². The van der Waals surface area contributed by atoms with E-state index < -0.39 is 16.3 Å². The van der Waals surface area contributed by atoms with Crippen LogP contribution in [-0.2, 0) is 15.0 Å². The van der Waals surface area contributed by atoms with Gasteiger partial charge in [0, 0.05) is 0 Å². The number of rotatable bonds is 4. The molecule has 0 aliphatic heterocycles. The van der Waals surface area contributed by atoms with Crippen molar-refractivity contribution < 1.29 is 27.7 Å². The molecule has 0 saturated carbocycles. The van der Waals surface area contributed by atoms with Gasteiger partial charge in [0.2, 0.25) is 0 Å². The fourth-order valence-corrected chi connectivity index (χ4v) is 1.39. The summed E-state index contributed by atoms with van der Waals surface area (Å²) >= 11 is 0. The third-order valence-corrected chi connectivity index (χ3v) is 2.32. The molecular formula is C7H8N2O6S. The van der Waals surface area contributed by atoms with Gasteiger partial charge in [-0.25, -0.2) is 4.79 Å². The van der Waals surface area contributed by atoms with Gasteiger partial charge in [-0.3, -0.25) is 9.98 Å². The molecule has 0 atom stereocenters. The van der Waals surface area contributed by atoms with E-state index in [2.05, 4.69) is 10.3 Å². The van der Waals surface area contributed by atoms with Crippen molar-refractivity contribution in [3.8, 4) is 0 Å². The summed E-state index contributed by atoms with van der Waals surface area (Å²) in [6.45, 7) is 0. The molecule has 9 heteroatoms. The Kier molecular flexibility index (Phi) is 3.66. The highest BCUT2D eigenvalue weighted by molar-refractivity contribution is 7.85. The summed E-state index contributed by atoms with van der Waals surface area (Å²) in [5.74, 6) is 0. The monoisotopic (exact) mass is 248 g/mol. The largest absolute Gasteiger partial charge is 0.526 e. The molecule has 8 nitrogen and oxygen atoms in total. The minimum absolute atomic E-state index is 0.205. The molecule has 0 saturated heterocycles. The van der Waals surface area contributed by atoms with Crippen LogP contribution in [0.1, 0.15) is 0 Å². The highest BCUT2D eigenvalue weighted by Crippen LogP contribution is 2.14. The molecule has 0 spiro atoms. The minimum atomic E-state index is -4.29. The Balaban J connectivity index is 2.72.